The van der Waals surface area contributed by atoms with Crippen LogP contribution in [0, 0.1) is 0 Å². The molecule has 6 heteroatoms. The standard InChI is InChI=1S/C9H7F3O2S/c10-9(11,12)8(13)14-6-15-7-4-2-1-3-5-7/h1-5H,6H2. The van der Waals surface area contributed by atoms with E-state index in [4.69, 9.17) is 0 Å². The van der Waals surface area contributed by atoms with E-state index in [0.29, 0.717) is 0 Å². The molecule has 0 radical (unpaired) electrons. The molecule has 1 rings (SSSR count). The molecule has 0 unspecified atom stereocenters. The summed E-state index contributed by atoms with van der Waals surface area (Å²) >= 11 is 1.02. The van der Waals surface area contributed by atoms with Gasteiger partial charge in [-0.05, 0) is 12.1 Å². The second-order valence-corrected chi connectivity index (χ2v) is 3.50. The van der Waals surface area contributed by atoms with Gasteiger partial charge in [0, 0.05) is 4.90 Å². The van der Waals surface area contributed by atoms with Crippen LogP contribution in [0.3, 0.4) is 0 Å². The predicted octanol–water partition coefficient (Wildman–Crippen LogP) is 2.84. The maximum absolute atomic E-state index is 11.7. The Bertz CT molecular complexity index is 324. The molecule has 0 heterocycles. The molecule has 2 nitrogen and oxygen atoms in total. The van der Waals surface area contributed by atoms with Crippen LogP contribution in [0.2, 0.25) is 0 Å². The van der Waals surface area contributed by atoms with Crippen molar-refractivity contribution < 1.29 is 22.7 Å². The maximum Gasteiger partial charge on any atom is 0.490 e. The molecule has 0 bridgehead atoms. The van der Waals surface area contributed by atoms with Crippen molar-refractivity contribution in [1.82, 2.24) is 0 Å². The summed E-state index contributed by atoms with van der Waals surface area (Å²) in [5.41, 5.74) is 0. The molecule has 0 saturated heterocycles. The van der Waals surface area contributed by atoms with E-state index in [9.17, 15) is 18.0 Å². The van der Waals surface area contributed by atoms with Gasteiger partial charge >= 0.3 is 12.1 Å². The minimum absolute atomic E-state index is 0.345. The summed E-state index contributed by atoms with van der Waals surface area (Å²) in [4.78, 5) is 11.0. The van der Waals surface area contributed by atoms with Crippen LogP contribution < -0.4 is 0 Å². The number of ether oxygens (including phenoxy) is 1. The van der Waals surface area contributed by atoms with Crippen molar-refractivity contribution in [2.45, 2.75) is 11.1 Å². The second kappa shape index (κ2) is 5.06. The van der Waals surface area contributed by atoms with Gasteiger partial charge in [0.2, 0.25) is 0 Å². The molecule has 0 aliphatic carbocycles. The van der Waals surface area contributed by atoms with E-state index in [1.165, 1.54) is 0 Å². The Kier molecular flexibility index (Phi) is 4.02. The summed E-state index contributed by atoms with van der Waals surface area (Å²) in [6.07, 6.45) is -4.92. The van der Waals surface area contributed by atoms with Crippen LogP contribution in [0.1, 0.15) is 0 Å². The molecule has 0 aliphatic rings. The van der Waals surface area contributed by atoms with Gasteiger partial charge in [-0.15, -0.1) is 0 Å². The maximum atomic E-state index is 11.7. The molecule has 0 aromatic heterocycles. The Morgan fingerprint density at radius 2 is 1.87 bits per heavy atom. The molecule has 0 fully saturated rings. The smallest absolute Gasteiger partial charge is 0.448 e. The normalized spacial score (nSPS) is 11.1. The molecule has 0 spiro atoms. The minimum atomic E-state index is -4.92. The van der Waals surface area contributed by atoms with E-state index in [2.05, 4.69) is 4.74 Å². The Hall–Kier alpha value is -1.17. The fourth-order valence-electron chi connectivity index (χ4n) is 0.750. The van der Waals surface area contributed by atoms with Crippen molar-refractivity contribution in [3.8, 4) is 0 Å². The number of hydrogen-bond donors (Lipinski definition) is 0. The summed E-state index contributed by atoms with van der Waals surface area (Å²) in [5.74, 6) is -2.51. The molecule has 82 valence electrons. The van der Waals surface area contributed by atoms with Crippen LogP contribution >= 0.6 is 11.8 Å². The quantitative estimate of drug-likeness (QED) is 0.458. The largest absolute Gasteiger partial charge is 0.490 e. The number of rotatable bonds is 3. The Morgan fingerprint density at radius 3 is 2.40 bits per heavy atom. The van der Waals surface area contributed by atoms with Gasteiger partial charge in [-0.25, -0.2) is 4.79 Å². The number of esters is 1. The van der Waals surface area contributed by atoms with Gasteiger partial charge in [0.15, 0.2) is 0 Å². The number of alkyl halides is 3. The van der Waals surface area contributed by atoms with Gasteiger partial charge in [0.25, 0.3) is 0 Å². The van der Waals surface area contributed by atoms with Crippen LogP contribution in [0.25, 0.3) is 0 Å². The molecule has 0 N–H and O–H groups in total. The summed E-state index contributed by atoms with van der Waals surface area (Å²) in [6.45, 7) is 0. The highest BCUT2D eigenvalue weighted by molar-refractivity contribution is 7.99. The van der Waals surface area contributed by atoms with E-state index >= 15 is 0 Å². The first kappa shape index (κ1) is 11.9. The molecule has 15 heavy (non-hydrogen) atoms. The number of benzene rings is 1. The lowest BCUT2D eigenvalue weighted by atomic mass is 10.4. The highest BCUT2D eigenvalue weighted by Crippen LogP contribution is 2.20. The van der Waals surface area contributed by atoms with E-state index < -0.39 is 12.1 Å². The third kappa shape index (κ3) is 4.24. The molecule has 0 amide bonds. The number of carbonyl (C=O) groups is 1. The highest BCUT2D eigenvalue weighted by atomic mass is 32.2. The minimum Gasteiger partial charge on any atom is -0.448 e. The van der Waals surface area contributed by atoms with Crippen molar-refractivity contribution in [2.75, 3.05) is 5.94 Å². The van der Waals surface area contributed by atoms with E-state index in [0.717, 1.165) is 16.7 Å². The lowest BCUT2D eigenvalue weighted by Crippen LogP contribution is -2.25. The first-order valence-electron chi connectivity index (χ1n) is 3.92. The molecule has 1 aromatic rings. The fraction of sp³-hybridized carbons (Fsp3) is 0.222. The molecule has 0 aliphatic heterocycles. The number of halogens is 3. The summed E-state index contributed by atoms with van der Waals surface area (Å²) in [5, 5.41) is 0. The van der Waals surface area contributed by atoms with E-state index in [-0.39, 0.29) is 5.94 Å². The topological polar surface area (TPSA) is 26.3 Å². The van der Waals surface area contributed by atoms with Gasteiger partial charge < -0.3 is 4.74 Å². The molecular weight excluding hydrogens is 229 g/mol. The average molecular weight is 236 g/mol. The zero-order chi connectivity index (χ0) is 11.3. The van der Waals surface area contributed by atoms with Crippen LogP contribution in [0.15, 0.2) is 35.2 Å². The Morgan fingerprint density at radius 1 is 1.27 bits per heavy atom. The van der Waals surface area contributed by atoms with Crippen LogP contribution in [0.4, 0.5) is 13.2 Å². The third-order valence-electron chi connectivity index (χ3n) is 1.39. The van der Waals surface area contributed by atoms with E-state index in [1.54, 1.807) is 30.3 Å². The summed E-state index contributed by atoms with van der Waals surface area (Å²) in [6, 6.07) is 8.70. The average Bonchev–Trinajstić information content (AvgIpc) is 2.18. The number of hydrogen-bond acceptors (Lipinski definition) is 3. The Labute approximate surface area is 88.4 Å². The highest BCUT2D eigenvalue weighted by Gasteiger charge is 2.40. The van der Waals surface area contributed by atoms with Crippen LogP contribution in [-0.2, 0) is 9.53 Å². The predicted molar refractivity (Wildman–Crippen MR) is 49.3 cm³/mol. The van der Waals surface area contributed by atoms with Gasteiger partial charge in [-0.3, -0.25) is 0 Å². The number of thioether (sulfide) groups is 1. The SMILES string of the molecule is O=C(OCSc1ccccc1)C(F)(F)F. The van der Waals surface area contributed by atoms with Gasteiger partial charge in [-0.2, -0.15) is 13.2 Å². The monoisotopic (exact) mass is 236 g/mol. The van der Waals surface area contributed by atoms with Crippen molar-refractivity contribution in [1.29, 1.82) is 0 Å². The van der Waals surface area contributed by atoms with Crippen molar-refractivity contribution >= 4 is 17.7 Å². The van der Waals surface area contributed by atoms with Crippen LogP contribution in [-0.4, -0.2) is 18.1 Å². The van der Waals surface area contributed by atoms with Gasteiger partial charge in [-0.1, -0.05) is 30.0 Å². The zero-order valence-electron chi connectivity index (χ0n) is 7.45. The van der Waals surface area contributed by atoms with Crippen molar-refractivity contribution in [2.24, 2.45) is 0 Å². The Balaban J connectivity index is 2.32. The summed E-state index contributed by atoms with van der Waals surface area (Å²) < 4.78 is 39.1. The molecule has 0 atom stereocenters. The molecule has 0 saturated carbocycles. The third-order valence-corrected chi connectivity index (χ3v) is 2.23. The van der Waals surface area contributed by atoms with Crippen molar-refractivity contribution in [3.63, 3.8) is 0 Å². The first-order valence-corrected chi connectivity index (χ1v) is 4.90. The second-order valence-electron chi connectivity index (χ2n) is 2.50. The summed E-state index contributed by atoms with van der Waals surface area (Å²) in [7, 11) is 0. The number of carbonyl (C=O) groups excluding carboxylic acids is 1. The van der Waals surface area contributed by atoms with E-state index in [1.807, 2.05) is 0 Å². The van der Waals surface area contributed by atoms with Gasteiger partial charge in [0.05, 0.1) is 0 Å². The molecule has 1 aromatic carbocycles. The fourth-order valence-corrected chi connectivity index (χ4v) is 1.40. The zero-order valence-corrected chi connectivity index (χ0v) is 8.27. The van der Waals surface area contributed by atoms with Gasteiger partial charge in [0.1, 0.15) is 5.94 Å². The first-order chi connectivity index (χ1) is 7.00. The van der Waals surface area contributed by atoms with Crippen LogP contribution in [0.5, 0.6) is 0 Å². The lowest BCUT2D eigenvalue weighted by molar-refractivity contribution is -0.197. The van der Waals surface area contributed by atoms with Crippen molar-refractivity contribution in [3.05, 3.63) is 30.3 Å². The lowest BCUT2D eigenvalue weighted by Gasteiger charge is -2.06. The molecular formula is C9H7F3O2S.